The molecule has 0 radical (unpaired) electrons. The molecule has 82 valence electrons. The Morgan fingerprint density at radius 2 is 1.93 bits per heavy atom. The normalized spacial score (nSPS) is 12.4. The molecule has 0 bridgehead atoms. The van der Waals surface area contributed by atoms with Crippen LogP contribution in [0, 0.1) is 0 Å². The van der Waals surface area contributed by atoms with Gasteiger partial charge in [-0.05, 0) is 30.9 Å². The van der Waals surface area contributed by atoms with Gasteiger partial charge >= 0.3 is 0 Å². The van der Waals surface area contributed by atoms with Crippen molar-refractivity contribution in [2.45, 2.75) is 26.7 Å². The predicted molar refractivity (Wildman–Crippen MR) is 70.5 cm³/mol. The fourth-order valence-electron chi connectivity index (χ4n) is 1.31. The highest BCUT2D eigenvalue weighted by atomic mass is 14.7. The third-order valence-corrected chi connectivity index (χ3v) is 2.01. The molecule has 0 spiro atoms. The van der Waals surface area contributed by atoms with Crippen LogP contribution in [0.1, 0.15) is 26.7 Å². The standard InChI is InChI=1S/C14H21N/c1-6-9-15-11-14(10-12(4)5)13(7-2)8-3/h6-7,11H,1-2,4,8-10H2,3,5H3/b14-13+,15-11-. The number of hydrogen-bond donors (Lipinski definition) is 0. The zero-order valence-electron chi connectivity index (χ0n) is 9.92. The fraction of sp³-hybridized carbons (Fsp3) is 0.357. The summed E-state index contributed by atoms with van der Waals surface area (Å²) in [5, 5.41) is 0. The van der Waals surface area contributed by atoms with E-state index in [4.69, 9.17) is 0 Å². The van der Waals surface area contributed by atoms with Crippen LogP contribution in [-0.4, -0.2) is 12.8 Å². The lowest BCUT2D eigenvalue weighted by Crippen LogP contribution is -1.93. The molecule has 0 aliphatic heterocycles. The molecule has 0 unspecified atom stereocenters. The lowest BCUT2D eigenvalue weighted by Gasteiger charge is -2.06. The average molecular weight is 203 g/mol. The third kappa shape index (κ3) is 5.84. The molecule has 0 aromatic heterocycles. The maximum atomic E-state index is 4.27. The Balaban J connectivity index is 4.84. The minimum Gasteiger partial charge on any atom is -0.289 e. The van der Waals surface area contributed by atoms with Crippen molar-refractivity contribution in [1.29, 1.82) is 0 Å². The van der Waals surface area contributed by atoms with Crippen LogP contribution in [0.3, 0.4) is 0 Å². The van der Waals surface area contributed by atoms with E-state index in [1.54, 1.807) is 6.08 Å². The molecule has 1 heteroatoms. The fourth-order valence-corrected chi connectivity index (χ4v) is 1.31. The molecule has 0 saturated heterocycles. The second-order valence-corrected chi connectivity index (χ2v) is 3.52. The molecule has 0 aliphatic rings. The second kappa shape index (κ2) is 7.98. The van der Waals surface area contributed by atoms with Gasteiger partial charge in [-0.3, -0.25) is 4.99 Å². The monoisotopic (exact) mass is 203 g/mol. The number of aliphatic imine (C=N–C) groups is 1. The number of hydrogen-bond acceptors (Lipinski definition) is 1. The van der Waals surface area contributed by atoms with Crippen molar-refractivity contribution in [1.82, 2.24) is 0 Å². The van der Waals surface area contributed by atoms with Crippen LogP contribution in [0.25, 0.3) is 0 Å². The molecule has 0 amide bonds. The molecule has 0 heterocycles. The summed E-state index contributed by atoms with van der Waals surface area (Å²) in [6, 6.07) is 0. The highest BCUT2D eigenvalue weighted by Gasteiger charge is 2.00. The van der Waals surface area contributed by atoms with Crippen molar-refractivity contribution in [2.75, 3.05) is 6.54 Å². The molecule has 0 aliphatic carbocycles. The minimum absolute atomic E-state index is 0.661. The molecule has 0 rings (SSSR count). The summed E-state index contributed by atoms with van der Waals surface area (Å²) in [6.07, 6.45) is 7.45. The first-order chi connectivity index (χ1) is 7.15. The first kappa shape index (κ1) is 13.6. The van der Waals surface area contributed by atoms with Gasteiger partial charge in [0.1, 0.15) is 0 Å². The molecular weight excluding hydrogens is 182 g/mol. The van der Waals surface area contributed by atoms with E-state index in [9.17, 15) is 0 Å². The summed E-state index contributed by atoms with van der Waals surface area (Å²) >= 11 is 0. The van der Waals surface area contributed by atoms with Gasteiger partial charge in [0.25, 0.3) is 0 Å². The van der Waals surface area contributed by atoms with E-state index in [1.807, 2.05) is 19.2 Å². The van der Waals surface area contributed by atoms with Crippen molar-refractivity contribution in [3.8, 4) is 0 Å². The summed E-state index contributed by atoms with van der Waals surface area (Å²) in [6.45, 7) is 16.2. The Morgan fingerprint density at radius 1 is 1.27 bits per heavy atom. The van der Waals surface area contributed by atoms with Crippen molar-refractivity contribution in [3.63, 3.8) is 0 Å². The van der Waals surface area contributed by atoms with Crippen LogP contribution in [0.15, 0.2) is 53.6 Å². The van der Waals surface area contributed by atoms with Crippen molar-refractivity contribution in [2.24, 2.45) is 4.99 Å². The first-order valence-electron chi connectivity index (χ1n) is 5.25. The van der Waals surface area contributed by atoms with Gasteiger partial charge in [0.15, 0.2) is 0 Å². The molecule has 15 heavy (non-hydrogen) atoms. The number of rotatable bonds is 7. The Bertz CT molecular complexity index is 292. The number of allylic oxidation sites excluding steroid dienone is 4. The maximum Gasteiger partial charge on any atom is 0.0567 e. The van der Waals surface area contributed by atoms with Gasteiger partial charge in [-0.1, -0.05) is 37.8 Å². The predicted octanol–water partition coefficient (Wildman–Crippen LogP) is 4.10. The van der Waals surface area contributed by atoms with Crippen LogP contribution in [0.5, 0.6) is 0 Å². The van der Waals surface area contributed by atoms with E-state index >= 15 is 0 Å². The summed E-state index contributed by atoms with van der Waals surface area (Å²) in [5.41, 5.74) is 3.59. The zero-order valence-corrected chi connectivity index (χ0v) is 9.92. The SMILES string of the molecule is C=CC/N=C\C(CC(=C)C)=C(/C=C)CC. The van der Waals surface area contributed by atoms with Gasteiger partial charge in [-0.2, -0.15) is 0 Å². The lowest BCUT2D eigenvalue weighted by molar-refractivity contribution is 1.08. The van der Waals surface area contributed by atoms with Crippen molar-refractivity contribution >= 4 is 6.21 Å². The quantitative estimate of drug-likeness (QED) is 0.335. The Hall–Kier alpha value is -1.37. The molecule has 0 aromatic rings. The van der Waals surface area contributed by atoms with Crippen molar-refractivity contribution < 1.29 is 0 Å². The zero-order chi connectivity index (χ0) is 11.7. The molecule has 0 N–H and O–H groups in total. The Morgan fingerprint density at radius 3 is 2.33 bits per heavy atom. The van der Waals surface area contributed by atoms with E-state index in [0.717, 1.165) is 18.4 Å². The molecule has 0 fully saturated rings. The summed E-state index contributed by atoms with van der Waals surface area (Å²) in [4.78, 5) is 4.27. The molecular formula is C14H21N. The summed E-state index contributed by atoms with van der Waals surface area (Å²) in [5.74, 6) is 0. The topological polar surface area (TPSA) is 12.4 Å². The van der Waals surface area contributed by atoms with Crippen molar-refractivity contribution in [3.05, 3.63) is 48.6 Å². The number of nitrogens with zero attached hydrogens (tertiary/aromatic N) is 1. The third-order valence-electron chi connectivity index (χ3n) is 2.01. The van der Waals surface area contributed by atoms with Crippen LogP contribution < -0.4 is 0 Å². The van der Waals surface area contributed by atoms with Gasteiger partial charge in [0.2, 0.25) is 0 Å². The van der Waals surface area contributed by atoms with E-state index in [-0.39, 0.29) is 0 Å². The van der Waals surface area contributed by atoms with Gasteiger partial charge in [-0.25, -0.2) is 0 Å². The smallest absolute Gasteiger partial charge is 0.0567 e. The molecule has 1 nitrogen and oxygen atoms in total. The van der Waals surface area contributed by atoms with E-state index in [2.05, 4.69) is 31.7 Å². The van der Waals surface area contributed by atoms with Gasteiger partial charge in [-0.15, -0.1) is 6.58 Å². The maximum absolute atomic E-state index is 4.27. The molecule has 0 aromatic carbocycles. The highest BCUT2D eigenvalue weighted by molar-refractivity contribution is 5.81. The average Bonchev–Trinajstić information content (AvgIpc) is 2.19. The van der Waals surface area contributed by atoms with Crippen LogP contribution >= 0.6 is 0 Å². The molecule has 0 saturated carbocycles. The minimum atomic E-state index is 0.661. The highest BCUT2D eigenvalue weighted by Crippen LogP contribution is 2.15. The summed E-state index contributed by atoms with van der Waals surface area (Å²) in [7, 11) is 0. The molecule has 0 atom stereocenters. The van der Waals surface area contributed by atoms with Gasteiger partial charge in [0.05, 0.1) is 6.54 Å². The van der Waals surface area contributed by atoms with E-state index in [1.165, 1.54) is 11.1 Å². The second-order valence-electron chi connectivity index (χ2n) is 3.52. The van der Waals surface area contributed by atoms with Gasteiger partial charge < -0.3 is 0 Å². The summed E-state index contributed by atoms with van der Waals surface area (Å²) < 4.78 is 0. The van der Waals surface area contributed by atoms with Crippen LogP contribution in [0.2, 0.25) is 0 Å². The first-order valence-corrected chi connectivity index (χ1v) is 5.25. The van der Waals surface area contributed by atoms with E-state index < -0.39 is 0 Å². The largest absolute Gasteiger partial charge is 0.289 e. The van der Waals surface area contributed by atoms with E-state index in [0.29, 0.717) is 6.54 Å². The van der Waals surface area contributed by atoms with Crippen LogP contribution in [-0.2, 0) is 0 Å². The van der Waals surface area contributed by atoms with Crippen LogP contribution in [0.4, 0.5) is 0 Å². The lowest BCUT2D eigenvalue weighted by atomic mass is 10.0. The van der Waals surface area contributed by atoms with Gasteiger partial charge in [0, 0.05) is 6.21 Å². The Kier molecular flexibility index (Phi) is 7.25. The Labute approximate surface area is 93.6 Å².